The Morgan fingerprint density at radius 3 is 2.29 bits per heavy atom. The molecular formula is C14H22Cl2N2O2S. The SMILES string of the molecule is CCNCc1c(Cl)ccc(S(=O)(=O)NC(CC)CC)c1Cl. The molecule has 21 heavy (non-hydrogen) atoms. The third-order valence-corrected chi connectivity index (χ3v) is 5.76. The predicted molar refractivity (Wildman–Crippen MR) is 88.5 cm³/mol. The molecule has 120 valence electrons. The fraction of sp³-hybridized carbons (Fsp3) is 0.571. The van der Waals surface area contributed by atoms with Gasteiger partial charge in [-0.3, -0.25) is 0 Å². The van der Waals surface area contributed by atoms with Crippen LogP contribution in [-0.2, 0) is 16.6 Å². The topological polar surface area (TPSA) is 58.2 Å². The molecule has 0 aliphatic rings. The van der Waals surface area contributed by atoms with Gasteiger partial charge in [-0.1, -0.05) is 44.0 Å². The van der Waals surface area contributed by atoms with Crippen LogP contribution in [0, 0.1) is 0 Å². The van der Waals surface area contributed by atoms with Crippen molar-refractivity contribution in [3.05, 3.63) is 27.7 Å². The summed E-state index contributed by atoms with van der Waals surface area (Å²) in [5, 5.41) is 3.75. The highest BCUT2D eigenvalue weighted by molar-refractivity contribution is 7.89. The summed E-state index contributed by atoms with van der Waals surface area (Å²) in [4.78, 5) is 0.0772. The summed E-state index contributed by atoms with van der Waals surface area (Å²) < 4.78 is 27.6. The molecule has 7 heteroatoms. The third-order valence-electron chi connectivity index (χ3n) is 3.30. The number of nitrogens with one attached hydrogen (secondary N) is 2. The second kappa shape index (κ2) is 8.34. The van der Waals surface area contributed by atoms with Crippen LogP contribution in [0.25, 0.3) is 0 Å². The molecule has 0 amide bonds. The van der Waals surface area contributed by atoms with Gasteiger partial charge < -0.3 is 5.32 Å². The third kappa shape index (κ3) is 4.83. The summed E-state index contributed by atoms with van der Waals surface area (Å²) >= 11 is 12.4. The lowest BCUT2D eigenvalue weighted by Gasteiger charge is -2.17. The summed E-state index contributed by atoms with van der Waals surface area (Å²) in [6, 6.07) is 2.92. The van der Waals surface area contributed by atoms with E-state index in [9.17, 15) is 8.42 Å². The Kier molecular flexibility index (Phi) is 7.44. The lowest BCUT2D eigenvalue weighted by molar-refractivity contribution is 0.530. The number of halogens is 2. The highest BCUT2D eigenvalue weighted by atomic mass is 35.5. The minimum Gasteiger partial charge on any atom is -0.313 e. The monoisotopic (exact) mass is 352 g/mol. The van der Waals surface area contributed by atoms with Crippen LogP contribution >= 0.6 is 23.2 Å². The van der Waals surface area contributed by atoms with Gasteiger partial charge in [0.1, 0.15) is 4.90 Å². The summed E-state index contributed by atoms with van der Waals surface area (Å²) in [6.07, 6.45) is 1.45. The molecule has 0 unspecified atom stereocenters. The number of benzene rings is 1. The van der Waals surface area contributed by atoms with E-state index < -0.39 is 10.0 Å². The van der Waals surface area contributed by atoms with E-state index in [0.29, 0.717) is 17.1 Å². The molecule has 1 aromatic rings. The van der Waals surface area contributed by atoms with Crippen LogP contribution in [0.5, 0.6) is 0 Å². The number of hydrogen-bond donors (Lipinski definition) is 2. The molecule has 0 aromatic heterocycles. The Hall–Kier alpha value is -0.330. The van der Waals surface area contributed by atoms with E-state index in [0.717, 1.165) is 19.4 Å². The summed E-state index contributed by atoms with van der Waals surface area (Å²) in [6.45, 7) is 7.02. The minimum absolute atomic E-state index is 0.0772. The molecule has 0 atom stereocenters. The standard InChI is InChI=1S/C14H22Cl2N2O2S/c1-4-10(5-2)18-21(19,20)13-8-7-12(15)11(14(13)16)9-17-6-3/h7-8,10,17-18H,4-6,9H2,1-3H3. The van der Waals surface area contributed by atoms with Crippen LogP contribution in [-0.4, -0.2) is 21.0 Å². The number of hydrogen-bond acceptors (Lipinski definition) is 3. The molecule has 0 heterocycles. The Bertz CT molecular complexity index is 573. The molecule has 4 nitrogen and oxygen atoms in total. The molecule has 0 radical (unpaired) electrons. The smallest absolute Gasteiger partial charge is 0.242 e. The van der Waals surface area contributed by atoms with Gasteiger partial charge in [-0.15, -0.1) is 0 Å². The van der Waals surface area contributed by atoms with Crippen molar-refractivity contribution in [3.8, 4) is 0 Å². The molecule has 1 aromatic carbocycles. The van der Waals surface area contributed by atoms with Crippen LogP contribution in [0.2, 0.25) is 10.0 Å². The van der Waals surface area contributed by atoms with E-state index in [-0.39, 0.29) is 16.0 Å². The van der Waals surface area contributed by atoms with Crippen molar-refractivity contribution in [1.29, 1.82) is 0 Å². The molecule has 0 aliphatic heterocycles. The molecule has 0 spiro atoms. The Morgan fingerprint density at radius 2 is 1.76 bits per heavy atom. The highest BCUT2D eigenvalue weighted by Gasteiger charge is 2.23. The summed E-state index contributed by atoms with van der Waals surface area (Å²) in [7, 11) is -3.65. The van der Waals surface area contributed by atoms with E-state index in [1.54, 1.807) is 6.07 Å². The van der Waals surface area contributed by atoms with E-state index in [4.69, 9.17) is 23.2 Å². The van der Waals surface area contributed by atoms with E-state index in [2.05, 4.69) is 10.0 Å². The van der Waals surface area contributed by atoms with Crippen LogP contribution in [0.15, 0.2) is 17.0 Å². The Labute approximate surface area is 137 Å². The lowest BCUT2D eigenvalue weighted by Crippen LogP contribution is -2.34. The average Bonchev–Trinajstić information content (AvgIpc) is 2.44. The van der Waals surface area contributed by atoms with E-state index >= 15 is 0 Å². The number of sulfonamides is 1. The zero-order chi connectivity index (χ0) is 16.0. The van der Waals surface area contributed by atoms with Gasteiger partial charge in [0.05, 0.1) is 5.02 Å². The van der Waals surface area contributed by atoms with Gasteiger partial charge >= 0.3 is 0 Å². The molecule has 0 saturated carbocycles. The van der Waals surface area contributed by atoms with Crippen molar-refractivity contribution in [3.63, 3.8) is 0 Å². The van der Waals surface area contributed by atoms with Crippen molar-refractivity contribution in [2.24, 2.45) is 0 Å². The van der Waals surface area contributed by atoms with Gasteiger partial charge in [0, 0.05) is 23.2 Å². The van der Waals surface area contributed by atoms with Crippen LogP contribution in [0.4, 0.5) is 0 Å². The molecule has 0 saturated heterocycles. The molecule has 0 bridgehead atoms. The Balaban J connectivity index is 3.18. The molecule has 0 aliphatic carbocycles. The van der Waals surface area contributed by atoms with Gasteiger partial charge in [0.2, 0.25) is 10.0 Å². The van der Waals surface area contributed by atoms with E-state index in [1.165, 1.54) is 6.07 Å². The molecule has 0 fully saturated rings. The van der Waals surface area contributed by atoms with Gasteiger partial charge in [0.25, 0.3) is 0 Å². The first-order valence-corrected chi connectivity index (χ1v) is 9.31. The summed E-state index contributed by atoms with van der Waals surface area (Å²) in [5.74, 6) is 0. The van der Waals surface area contributed by atoms with Crippen LogP contribution in [0.1, 0.15) is 39.2 Å². The average molecular weight is 353 g/mol. The number of rotatable bonds is 8. The fourth-order valence-electron chi connectivity index (χ4n) is 1.93. The lowest BCUT2D eigenvalue weighted by atomic mass is 10.2. The van der Waals surface area contributed by atoms with Crippen LogP contribution in [0.3, 0.4) is 0 Å². The normalized spacial score (nSPS) is 12.1. The van der Waals surface area contributed by atoms with Crippen molar-refractivity contribution < 1.29 is 8.42 Å². The quantitative estimate of drug-likeness (QED) is 0.751. The maximum absolute atomic E-state index is 12.5. The molecular weight excluding hydrogens is 331 g/mol. The zero-order valence-electron chi connectivity index (χ0n) is 12.5. The summed E-state index contributed by atoms with van der Waals surface area (Å²) in [5.41, 5.74) is 0.604. The van der Waals surface area contributed by atoms with E-state index in [1.807, 2.05) is 20.8 Å². The second-order valence-corrected chi connectivity index (χ2v) is 7.22. The first-order chi connectivity index (χ1) is 9.87. The minimum atomic E-state index is -3.65. The second-order valence-electron chi connectivity index (χ2n) is 4.75. The van der Waals surface area contributed by atoms with Crippen molar-refractivity contribution >= 4 is 33.2 Å². The van der Waals surface area contributed by atoms with Gasteiger partial charge in [-0.2, -0.15) is 0 Å². The van der Waals surface area contributed by atoms with Crippen LogP contribution < -0.4 is 10.0 Å². The maximum atomic E-state index is 12.5. The molecule has 2 N–H and O–H groups in total. The zero-order valence-corrected chi connectivity index (χ0v) is 14.9. The van der Waals surface area contributed by atoms with Crippen molar-refractivity contribution in [2.45, 2.75) is 51.1 Å². The fourth-order valence-corrected chi connectivity index (χ4v) is 4.25. The van der Waals surface area contributed by atoms with Crippen molar-refractivity contribution in [1.82, 2.24) is 10.0 Å². The maximum Gasteiger partial charge on any atom is 0.242 e. The van der Waals surface area contributed by atoms with Gasteiger partial charge in [-0.25, -0.2) is 13.1 Å². The van der Waals surface area contributed by atoms with Crippen molar-refractivity contribution in [2.75, 3.05) is 6.54 Å². The first kappa shape index (κ1) is 18.7. The van der Waals surface area contributed by atoms with Gasteiger partial charge in [-0.05, 0) is 31.5 Å². The first-order valence-electron chi connectivity index (χ1n) is 7.07. The highest BCUT2D eigenvalue weighted by Crippen LogP contribution is 2.31. The molecule has 1 rings (SSSR count). The largest absolute Gasteiger partial charge is 0.313 e. The van der Waals surface area contributed by atoms with Gasteiger partial charge in [0.15, 0.2) is 0 Å². The Morgan fingerprint density at radius 1 is 1.14 bits per heavy atom. The predicted octanol–water partition coefficient (Wildman–Crippen LogP) is 3.57.